The number of aliphatic hydroxyl groups is 2. The van der Waals surface area contributed by atoms with Gasteiger partial charge in [-0.2, -0.15) is 0 Å². The zero-order valence-corrected chi connectivity index (χ0v) is 9.22. The van der Waals surface area contributed by atoms with Gasteiger partial charge in [0.15, 0.2) is 0 Å². The molecule has 94 valence electrons. The van der Waals surface area contributed by atoms with Gasteiger partial charge in [-0.05, 0) is 18.2 Å². The largest absolute Gasteiger partial charge is 0.508 e. The third-order valence-electron chi connectivity index (χ3n) is 2.23. The molecule has 0 aliphatic rings. The average molecular weight is 243 g/mol. The fourth-order valence-corrected chi connectivity index (χ4v) is 1.33. The number of carbonyl (C=O) groups is 1. The smallest absolute Gasteiger partial charge is 0.216 e. The van der Waals surface area contributed by atoms with Crippen LogP contribution in [0.25, 0.3) is 0 Å². The fraction of sp³-hybridized carbons (Fsp3) is 0.364. The minimum Gasteiger partial charge on any atom is -0.508 e. The van der Waals surface area contributed by atoms with Crippen molar-refractivity contribution in [3.8, 4) is 5.75 Å². The van der Waals surface area contributed by atoms with Crippen molar-refractivity contribution in [2.45, 2.75) is 19.1 Å². The van der Waals surface area contributed by atoms with Crippen LogP contribution in [0, 0.1) is 5.82 Å². The predicted molar refractivity (Wildman–Crippen MR) is 57.7 cm³/mol. The Morgan fingerprint density at radius 2 is 2.12 bits per heavy atom. The molecule has 0 bridgehead atoms. The SMILES string of the molecule is CC(=O)NCC(O)C(O)c1cc(F)ccc1O. The molecule has 0 fully saturated rings. The summed E-state index contributed by atoms with van der Waals surface area (Å²) in [5, 5.41) is 30.9. The van der Waals surface area contributed by atoms with Crippen molar-refractivity contribution in [1.82, 2.24) is 5.32 Å². The van der Waals surface area contributed by atoms with Crippen molar-refractivity contribution >= 4 is 5.91 Å². The van der Waals surface area contributed by atoms with Crippen LogP contribution in [0.4, 0.5) is 4.39 Å². The van der Waals surface area contributed by atoms with E-state index in [0.717, 1.165) is 18.2 Å². The van der Waals surface area contributed by atoms with E-state index in [1.165, 1.54) is 6.92 Å². The summed E-state index contributed by atoms with van der Waals surface area (Å²) in [7, 11) is 0. The molecule has 5 nitrogen and oxygen atoms in total. The molecule has 0 saturated carbocycles. The number of phenolic OH excluding ortho intramolecular Hbond substituents is 1. The summed E-state index contributed by atoms with van der Waals surface area (Å²) >= 11 is 0. The number of amides is 1. The quantitative estimate of drug-likeness (QED) is 0.602. The first-order valence-electron chi connectivity index (χ1n) is 5.00. The number of aliphatic hydroxyl groups excluding tert-OH is 2. The van der Waals surface area contributed by atoms with Gasteiger partial charge < -0.3 is 20.6 Å². The Labute approximate surface area is 97.5 Å². The molecule has 0 heterocycles. The Morgan fingerprint density at radius 3 is 2.71 bits per heavy atom. The van der Waals surface area contributed by atoms with Crippen LogP contribution < -0.4 is 5.32 Å². The van der Waals surface area contributed by atoms with E-state index in [2.05, 4.69) is 5.32 Å². The lowest BCUT2D eigenvalue weighted by Crippen LogP contribution is -2.34. The molecule has 6 heteroatoms. The first-order chi connectivity index (χ1) is 7.91. The average Bonchev–Trinajstić information content (AvgIpc) is 2.28. The van der Waals surface area contributed by atoms with Crippen LogP contribution >= 0.6 is 0 Å². The normalized spacial score (nSPS) is 14.1. The molecule has 1 aromatic carbocycles. The van der Waals surface area contributed by atoms with Crippen molar-refractivity contribution < 1.29 is 24.5 Å². The number of carbonyl (C=O) groups excluding carboxylic acids is 1. The van der Waals surface area contributed by atoms with Crippen molar-refractivity contribution in [2.24, 2.45) is 0 Å². The Bertz CT molecular complexity index is 410. The van der Waals surface area contributed by atoms with Gasteiger partial charge in [0.1, 0.15) is 23.8 Å². The first kappa shape index (κ1) is 13.4. The van der Waals surface area contributed by atoms with Crippen molar-refractivity contribution in [3.05, 3.63) is 29.6 Å². The summed E-state index contributed by atoms with van der Waals surface area (Å²) in [6.45, 7) is 1.07. The number of rotatable bonds is 4. The maximum absolute atomic E-state index is 12.9. The highest BCUT2D eigenvalue weighted by atomic mass is 19.1. The Morgan fingerprint density at radius 1 is 1.47 bits per heavy atom. The van der Waals surface area contributed by atoms with E-state index in [1.54, 1.807) is 0 Å². The molecule has 4 N–H and O–H groups in total. The molecular weight excluding hydrogens is 229 g/mol. The van der Waals surface area contributed by atoms with Gasteiger partial charge in [-0.15, -0.1) is 0 Å². The van der Waals surface area contributed by atoms with Crippen LogP contribution in [0.5, 0.6) is 5.75 Å². The summed E-state index contributed by atoms with van der Waals surface area (Å²) in [5.74, 6) is -1.32. The zero-order valence-electron chi connectivity index (χ0n) is 9.22. The van der Waals surface area contributed by atoms with Crippen molar-refractivity contribution in [1.29, 1.82) is 0 Å². The number of phenols is 1. The van der Waals surface area contributed by atoms with Gasteiger partial charge in [0.25, 0.3) is 0 Å². The minimum absolute atomic E-state index is 0.122. The molecule has 1 aromatic rings. The number of benzene rings is 1. The number of aromatic hydroxyl groups is 1. The fourth-order valence-electron chi connectivity index (χ4n) is 1.33. The van der Waals surface area contributed by atoms with E-state index in [-0.39, 0.29) is 23.8 Å². The Balaban J connectivity index is 2.77. The number of halogens is 1. The molecule has 0 spiro atoms. The van der Waals surface area contributed by atoms with E-state index in [0.29, 0.717) is 0 Å². The zero-order chi connectivity index (χ0) is 13.0. The van der Waals surface area contributed by atoms with Crippen molar-refractivity contribution in [3.63, 3.8) is 0 Å². The molecule has 0 radical (unpaired) electrons. The van der Waals surface area contributed by atoms with E-state index in [4.69, 9.17) is 0 Å². The van der Waals surface area contributed by atoms with Crippen LogP contribution in [0.15, 0.2) is 18.2 Å². The molecule has 0 aliphatic carbocycles. The summed E-state index contributed by atoms with van der Waals surface area (Å²) < 4.78 is 12.9. The van der Waals surface area contributed by atoms with E-state index in [9.17, 15) is 24.5 Å². The minimum atomic E-state index is -1.47. The van der Waals surface area contributed by atoms with Gasteiger partial charge in [0, 0.05) is 19.0 Å². The molecule has 17 heavy (non-hydrogen) atoms. The lowest BCUT2D eigenvalue weighted by molar-refractivity contribution is -0.119. The summed E-state index contributed by atoms with van der Waals surface area (Å²) in [6.07, 6.45) is -2.80. The highest BCUT2D eigenvalue weighted by Crippen LogP contribution is 2.26. The molecule has 0 aromatic heterocycles. The molecule has 2 unspecified atom stereocenters. The Hall–Kier alpha value is -1.66. The van der Waals surface area contributed by atoms with Gasteiger partial charge in [-0.1, -0.05) is 0 Å². The standard InChI is InChI=1S/C11H14FNO4/c1-6(14)13-5-10(16)11(17)8-4-7(12)2-3-9(8)15/h2-4,10-11,15-17H,5H2,1H3,(H,13,14). The van der Waals surface area contributed by atoms with Crippen LogP contribution in [0.2, 0.25) is 0 Å². The highest BCUT2D eigenvalue weighted by molar-refractivity contribution is 5.72. The predicted octanol–water partition coefficient (Wildman–Crippen LogP) is 0.0617. The number of nitrogens with one attached hydrogen (secondary N) is 1. The summed E-state index contributed by atoms with van der Waals surface area (Å²) in [5.41, 5.74) is -0.122. The second-order valence-electron chi connectivity index (χ2n) is 3.65. The lowest BCUT2D eigenvalue weighted by atomic mass is 10.0. The second kappa shape index (κ2) is 5.60. The van der Waals surface area contributed by atoms with Gasteiger partial charge in [-0.25, -0.2) is 4.39 Å². The first-order valence-corrected chi connectivity index (χ1v) is 5.00. The maximum Gasteiger partial charge on any atom is 0.216 e. The molecule has 1 rings (SSSR count). The molecule has 2 atom stereocenters. The van der Waals surface area contributed by atoms with Crippen LogP contribution in [0.1, 0.15) is 18.6 Å². The van der Waals surface area contributed by atoms with Gasteiger partial charge >= 0.3 is 0 Å². The number of hydrogen-bond acceptors (Lipinski definition) is 4. The van der Waals surface area contributed by atoms with Crippen LogP contribution in [-0.2, 0) is 4.79 Å². The van der Waals surface area contributed by atoms with Gasteiger partial charge in [0.2, 0.25) is 5.91 Å². The monoisotopic (exact) mass is 243 g/mol. The summed E-state index contributed by atoms with van der Waals surface area (Å²) in [6, 6.07) is 3.04. The molecule has 0 aliphatic heterocycles. The van der Waals surface area contributed by atoms with E-state index in [1.807, 2.05) is 0 Å². The topological polar surface area (TPSA) is 89.8 Å². The van der Waals surface area contributed by atoms with Gasteiger partial charge in [0.05, 0.1) is 0 Å². The summed E-state index contributed by atoms with van der Waals surface area (Å²) in [4.78, 5) is 10.6. The second-order valence-corrected chi connectivity index (χ2v) is 3.65. The third-order valence-corrected chi connectivity index (χ3v) is 2.23. The molecule has 1 amide bonds. The van der Waals surface area contributed by atoms with Crippen LogP contribution in [0.3, 0.4) is 0 Å². The van der Waals surface area contributed by atoms with E-state index >= 15 is 0 Å². The van der Waals surface area contributed by atoms with Crippen LogP contribution in [-0.4, -0.2) is 33.9 Å². The lowest BCUT2D eigenvalue weighted by Gasteiger charge is -2.19. The molecular formula is C11H14FNO4. The molecule has 0 saturated heterocycles. The highest BCUT2D eigenvalue weighted by Gasteiger charge is 2.21. The maximum atomic E-state index is 12.9. The van der Waals surface area contributed by atoms with Crippen molar-refractivity contribution in [2.75, 3.05) is 6.54 Å². The Kier molecular flexibility index (Phi) is 4.42. The number of hydrogen-bond donors (Lipinski definition) is 4. The van der Waals surface area contributed by atoms with Gasteiger partial charge in [-0.3, -0.25) is 4.79 Å². The van der Waals surface area contributed by atoms with E-state index < -0.39 is 18.0 Å². The third kappa shape index (κ3) is 3.69.